The number of carbonyl (C=O) groups is 1. The lowest BCUT2D eigenvalue weighted by Gasteiger charge is -2.34. The highest BCUT2D eigenvalue weighted by atomic mass is 16.5. The molecule has 2 fully saturated rings. The fourth-order valence-electron chi connectivity index (χ4n) is 4.16. The predicted octanol–water partition coefficient (Wildman–Crippen LogP) is 1.79. The van der Waals surface area contributed by atoms with Gasteiger partial charge in [0.2, 0.25) is 5.95 Å². The van der Waals surface area contributed by atoms with E-state index in [9.17, 15) is 4.79 Å². The molecule has 1 aromatic carbocycles. The first kappa shape index (κ1) is 19.1. The van der Waals surface area contributed by atoms with Gasteiger partial charge >= 0.3 is 6.03 Å². The first-order chi connectivity index (χ1) is 14.7. The number of aromatic nitrogens is 2. The van der Waals surface area contributed by atoms with Gasteiger partial charge in [0.15, 0.2) is 0 Å². The molecule has 0 aliphatic carbocycles. The number of nitrogens with zero attached hydrogens (tertiary/aromatic N) is 5. The van der Waals surface area contributed by atoms with Crippen LogP contribution >= 0.6 is 0 Å². The van der Waals surface area contributed by atoms with Crippen molar-refractivity contribution in [2.24, 2.45) is 0 Å². The second-order valence-corrected chi connectivity index (χ2v) is 8.05. The molecule has 0 spiro atoms. The van der Waals surface area contributed by atoms with Crippen LogP contribution in [-0.2, 0) is 11.3 Å². The van der Waals surface area contributed by atoms with Gasteiger partial charge < -0.3 is 25.2 Å². The van der Waals surface area contributed by atoms with Gasteiger partial charge in [-0.15, -0.1) is 0 Å². The van der Waals surface area contributed by atoms with Gasteiger partial charge in [-0.25, -0.2) is 9.78 Å². The molecule has 2 amide bonds. The number of fused-ring (bicyclic) bond motifs is 1. The maximum absolute atomic E-state index is 12.5. The topological polar surface area (TPSA) is 85.9 Å². The Morgan fingerprint density at radius 3 is 2.70 bits per heavy atom. The molecule has 3 aliphatic heterocycles. The van der Waals surface area contributed by atoms with Gasteiger partial charge in [0.1, 0.15) is 5.82 Å². The number of piperazine rings is 1. The summed E-state index contributed by atoms with van der Waals surface area (Å²) in [5, 5.41) is 6.18. The lowest BCUT2D eigenvalue weighted by molar-refractivity contribution is 0.191. The monoisotopic (exact) mass is 409 g/mol. The molecule has 9 nitrogen and oxygen atoms in total. The van der Waals surface area contributed by atoms with Crippen LogP contribution in [0.25, 0.3) is 0 Å². The summed E-state index contributed by atoms with van der Waals surface area (Å²) in [5.41, 5.74) is 3.06. The number of ether oxygens (including phenoxy) is 1. The Bertz CT molecular complexity index is 906. The summed E-state index contributed by atoms with van der Waals surface area (Å²) in [5.74, 6) is 1.15. The molecule has 2 saturated heterocycles. The summed E-state index contributed by atoms with van der Waals surface area (Å²) in [7, 11) is 2.16. The first-order valence-corrected chi connectivity index (χ1v) is 10.5. The first-order valence-electron chi connectivity index (χ1n) is 10.5. The van der Waals surface area contributed by atoms with Crippen molar-refractivity contribution in [3.8, 4) is 0 Å². The van der Waals surface area contributed by atoms with E-state index >= 15 is 0 Å². The van der Waals surface area contributed by atoms with Crippen molar-refractivity contribution in [3.63, 3.8) is 0 Å². The van der Waals surface area contributed by atoms with Gasteiger partial charge in [0.25, 0.3) is 0 Å². The van der Waals surface area contributed by atoms with Crippen molar-refractivity contribution in [2.75, 3.05) is 61.6 Å². The molecule has 0 saturated carbocycles. The highest BCUT2D eigenvalue weighted by Crippen LogP contribution is 2.29. The lowest BCUT2D eigenvalue weighted by atomic mass is 10.1. The molecule has 4 heterocycles. The van der Waals surface area contributed by atoms with Gasteiger partial charge in [-0.1, -0.05) is 0 Å². The van der Waals surface area contributed by atoms with Crippen molar-refractivity contribution in [1.82, 2.24) is 20.2 Å². The second kappa shape index (κ2) is 8.08. The molecular formula is C21H27N7O2. The van der Waals surface area contributed by atoms with Crippen LogP contribution in [0.3, 0.4) is 0 Å². The molecule has 158 valence electrons. The largest absolute Gasteiger partial charge is 0.379 e. The maximum Gasteiger partial charge on any atom is 0.323 e. The number of likely N-dealkylation sites (N-methyl/N-ethyl adjacent to an activating group) is 1. The summed E-state index contributed by atoms with van der Waals surface area (Å²) in [6.07, 6.45) is 2.60. The van der Waals surface area contributed by atoms with Crippen LogP contribution in [0, 0.1) is 0 Å². The summed E-state index contributed by atoms with van der Waals surface area (Å²) >= 11 is 0. The Kier molecular flexibility index (Phi) is 5.14. The SMILES string of the molecule is CN1CCN(c2ccc(Nc3ncc4c(n3)N(C3CCOC3)C(=O)NC4)cc2)CC1. The van der Waals surface area contributed by atoms with Gasteiger partial charge in [-0.3, -0.25) is 4.90 Å². The molecule has 1 atom stereocenters. The molecule has 1 aromatic heterocycles. The zero-order valence-electron chi connectivity index (χ0n) is 17.2. The number of urea groups is 1. The highest BCUT2D eigenvalue weighted by Gasteiger charge is 2.34. The van der Waals surface area contributed by atoms with Crippen LogP contribution in [0.4, 0.5) is 27.9 Å². The minimum Gasteiger partial charge on any atom is -0.379 e. The Balaban J connectivity index is 1.32. The molecule has 5 rings (SSSR count). The van der Waals surface area contributed by atoms with Crippen molar-refractivity contribution in [3.05, 3.63) is 36.0 Å². The lowest BCUT2D eigenvalue weighted by Crippen LogP contribution is -2.50. The molecule has 1 unspecified atom stereocenters. The molecule has 9 heteroatoms. The molecule has 0 radical (unpaired) electrons. The standard InChI is InChI=1S/C21H27N7O2/c1-26-7-9-27(10-8-26)17-4-2-16(3-5-17)24-20-22-12-15-13-23-21(29)28(19(15)25-20)18-6-11-30-14-18/h2-5,12,18H,6-11,13-14H2,1H3,(H,23,29)(H,22,24,25). The average Bonchev–Trinajstić information content (AvgIpc) is 3.29. The van der Waals surface area contributed by atoms with Gasteiger partial charge in [-0.05, 0) is 37.7 Å². The normalized spacial score (nSPS) is 22.0. The van der Waals surface area contributed by atoms with E-state index in [0.717, 1.165) is 43.9 Å². The van der Waals surface area contributed by atoms with Crippen LogP contribution in [0.2, 0.25) is 0 Å². The van der Waals surface area contributed by atoms with E-state index in [1.165, 1.54) is 5.69 Å². The Morgan fingerprint density at radius 2 is 1.97 bits per heavy atom. The van der Waals surface area contributed by atoms with Crippen molar-refractivity contribution in [2.45, 2.75) is 19.0 Å². The maximum atomic E-state index is 12.5. The van der Waals surface area contributed by atoms with Gasteiger partial charge in [0.05, 0.1) is 12.6 Å². The number of anilines is 4. The molecule has 30 heavy (non-hydrogen) atoms. The number of hydrogen-bond acceptors (Lipinski definition) is 7. The average molecular weight is 409 g/mol. The number of amides is 2. The molecule has 2 aromatic rings. The summed E-state index contributed by atoms with van der Waals surface area (Å²) in [6, 6.07) is 8.23. The number of carbonyl (C=O) groups excluding carboxylic acids is 1. The Labute approximate surface area is 176 Å². The third-order valence-electron chi connectivity index (χ3n) is 5.98. The van der Waals surface area contributed by atoms with E-state index in [2.05, 4.69) is 49.6 Å². The zero-order chi connectivity index (χ0) is 20.5. The second-order valence-electron chi connectivity index (χ2n) is 8.05. The third kappa shape index (κ3) is 3.78. The van der Waals surface area contributed by atoms with E-state index in [-0.39, 0.29) is 12.1 Å². The number of nitrogens with one attached hydrogen (secondary N) is 2. The minimum atomic E-state index is -0.126. The highest BCUT2D eigenvalue weighted by molar-refractivity contribution is 5.94. The van der Waals surface area contributed by atoms with Crippen molar-refractivity contribution < 1.29 is 9.53 Å². The smallest absolute Gasteiger partial charge is 0.323 e. The fourth-order valence-corrected chi connectivity index (χ4v) is 4.16. The molecule has 2 N–H and O–H groups in total. The van der Waals surface area contributed by atoms with Crippen LogP contribution < -0.4 is 20.4 Å². The van der Waals surface area contributed by atoms with E-state index in [0.29, 0.717) is 31.5 Å². The fraction of sp³-hybridized carbons (Fsp3) is 0.476. The van der Waals surface area contributed by atoms with Crippen molar-refractivity contribution >= 4 is 29.2 Å². The van der Waals surface area contributed by atoms with E-state index in [1.807, 2.05) is 12.1 Å². The van der Waals surface area contributed by atoms with Gasteiger partial charge in [-0.2, -0.15) is 4.98 Å². The summed E-state index contributed by atoms with van der Waals surface area (Å²) in [4.78, 5) is 28.1. The molecular weight excluding hydrogens is 382 g/mol. The van der Waals surface area contributed by atoms with E-state index in [4.69, 9.17) is 4.74 Å². The van der Waals surface area contributed by atoms with Crippen LogP contribution in [0.5, 0.6) is 0 Å². The number of hydrogen-bond donors (Lipinski definition) is 2. The number of rotatable bonds is 4. The molecule has 0 bridgehead atoms. The van der Waals surface area contributed by atoms with E-state index < -0.39 is 0 Å². The molecule has 3 aliphatic rings. The quantitative estimate of drug-likeness (QED) is 0.796. The van der Waals surface area contributed by atoms with Crippen LogP contribution in [0.15, 0.2) is 30.5 Å². The van der Waals surface area contributed by atoms with Crippen LogP contribution in [0.1, 0.15) is 12.0 Å². The summed E-state index contributed by atoms with van der Waals surface area (Å²) < 4.78 is 5.48. The summed E-state index contributed by atoms with van der Waals surface area (Å²) in [6.45, 7) is 5.89. The minimum absolute atomic E-state index is 0.00895. The van der Waals surface area contributed by atoms with Gasteiger partial charge in [0, 0.05) is 62.5 Å². The predicted molar refractivity (Wildman–Crippen MR) is 115 cm³/mol. The van der Waals surface area contributed by atoms with Crippen molar-refractivity contribution in [1.29, 1.82) is 0 Å². The Hall–Kier alpha value is -2.91. The van der Waals surface area contributed by atoms with Crippen LogP contribution in [-0.4, -0.2) is 73.4 Å². The third-order valence-corrected chi connectivity index (χ3v) is 5.98. The number of benzene rings is 1. The Morgan fingerprint density at radius 1 is 1.17 bits per heavy atom. The van der Waals surface area contributed by atoms with E-state index in [1.54, 1.807) is 11.1 Å². The zero-order valence-corrected chi connectivity index (χ0v) is 17.2.